The van der Waals surface area contributed by atoms with Crippen molar-refractivity contribution >= 4 is 41.1 Å². The number of benzene rings is 2. The second kappa shape index (κ2) is 8.38. The van der Waals surface area contributed by atoms with Crippen LogP contribution < -0.4 is 9.64 Å². The molecule has 0 fully saturated rings. The Morgan fingerprint density at radius 3 is 2.28 bits per heavy atom. The number of carbonyl (C=O) groups excluding carboxylic acids is 1. The van der Waals surface area contributed by atoms with Crippen molar-refractivity contribution in [3.8, 4) is 5.75 Å². The Kier molecular flexibility index (Phi) is 6.09. The first-order valence-corrected chi connectivity index (χ1v) is 9.40. The number of carbonyl (C=O) groups is 1. The number of ether oxygens (including phenoxy) is 1. The Balaban J connectivity index is 2.14. The summed E-state index contributed by atoms with van der Waals surface area (Å²) in [6, 6.07) is 12.7. The van der Waals surface area contributed by atoms with Crippen molar-refractivity contribution in [3.63, 3.8) is 0 Å². The number of amides is 1. The van der Waals surface area contributed by atoms with Crippen molar-refractivity contribution in [2.24, 2.45) is 7.05 Å². The first kappa shape index (κ1) is 21.1. The van der Waals surface area contributed by atoms with Crippen LogP contribution in [-0.4, -0.2) is 23.3 Å². The number of anilines is 2. The topological polar surface area (TPSA) is 47.4 Å². The molecule has 0 aliphatic heterocycles. The van der Waals surface area contributed by atoms with Crippen molar-refractivity contribution < 1.29 is 22.7 Å². The number of alkyl halides is 3. The maximum Gasteiger partial charge on any atom is 0.437 e. The van der Waals surface area contributed by atoms with E-state index >= 15 is 0 Å². The highest BCUT2D eigenvalue weighted by Gasteiger charge is 2.41. The van der Waals surface area contributed by atoms with Gasteiger partial charge in [-0.05, 0) is 48.5 Å². The van der Waals surface area contributed by atoms with Crippen molar-refractivity contribution in [1.29, 1.82) is 0 Å². The number of methoxy groups -OCH3 is 1. The molecular formula is C19H15ClF3N3O2S. The summed E-state index contributed by atoms with van der Waals surface area (Å²) in [5, 5.41) is 4.30. The maximum atomic E-state index is 13.7. The van der Waals surface area contributed by atoms with Crippen LogP contribution >= 0.6 is 23.4 Å². The van der Waals surface area contributed by atoms with E-state index in [2.05, 4.69) is 5.10 Å². The third-order valence-corrected chi connectivity index (χ3v) is 5.38. The predicted molar refractivity (Wildman–Crippen MR) is 105 cm³/mol. The molecule has 1 amide bonds. The minimum atomic E-state index is -4.75. The zero-order valence-corrected chi connectivity index (χ0v) is 16.8. The third-order valence-electron chi connectivity index (χ3n) is 3.96. The van der Waals surface area contributed by atoms with Gasteiger partial charge in [0.2, 0.25) is 6.41 Å². The van der Waals surface area contributed by atoms with Crippen molar-refractivity contribution in [2.45, 2.75) is 16.1 Å². The lowest BCUT2D eigenvalue weighted by atomic mass is 10.2. The fraction of sp³-hybridized carbons (Fsp3) is 0.158. The Labute approximate surface area is 174 Å². The van der Waals surface area contributed by atoms with Crippen LogP contribution in [0.5, 0.6) is 5.75 Å². The summed E-state index contributed by atoms with van der Waals surface area (Å²) in [6.07, 6.45) is -4.42. The molecule has 152 valence electrons. The molecule has 1 aromatic heterocycles. The molecule has 0 aliphatic carbocycles. The highest BCUT2D eigenvalue weighted by Crippen LogP contribution is 2.45. The number of rotatable bonds is 6. The number of nitrogens with zero attached hydrogens (tertiary/aromatic N) is 3. The van der Waals surface area contributed by atoms with Gasteiger partial charge in [-0.3, -0.25) is 14.4 Å². The largest absolute Gasteiger partial charge is 0.497 e. The quantitative estimate of drug-likeness (QED) is 0.471. The lowest BCUT2D eigenvalue weighted by Crippen LogP contribution is -2.19. The Morgan fingerprint density at radius 2 is 1.76 bits per heavy atom. The van der Waals surface area contributed by atoms with Crippen LogP contribution in [0.3, 0.4) is 0 Å². The van der Waals surface area contributed by atoms with Gasteiger partial charge in [0.25, 0.3) is 0 Å². The standard InChI is InChI=1S/C19H15ClF3N3O2S/c1-25-18(29-15-9-3-12(20)4-10-15)16(17(24-25)19(21,22)23)26(11-27)13-5-7-14(28-2)8-6-13/h3-11H,1-2H3. The lowest BCUT2D eigenvalue weighted by Gasteiger charge is -2.20. The number of aromatic nitrogens is 2. The van der Waals surface area contributed by atoms with Crippen molar-refractivity contribution in [2.75, 3.05) is 12.0 Å². The van der Waals surface area contributed by atoms with E-state index in [1.807, 2.05) is 0 Å². The maximum absolute atomic E-state index is 13.7. The van der Waals surface area contributed by atoms with Crippen LogP contribution in [0.1, 0.15) is 5.69 Å². The van der Waals surface area contributed by atoms with E-state index < -0.39 is 11.9 Å². The Morgan fingerprint density at radius 1 is 1.14 bits per heavy atom. The lowest BCUT2D eigenvalue weighted by molar-refractivity contribution is -0.140. The first-order valence-electron chi connectivity index (χ1n) is 8.20. The SMILES string of the molecule is COc1ccc(N(C=O)c2c(C(F)(F)F)nn(C)c2Sc2ccc(Cl)cc2)cc1. The molecule has 0 unspecified atom stereocenters. The molecule has 3 rings (SSSR count). The second-order valence-electron chi connectivity index (χ2n) is 5.85. The van der Waals surface area contributed by atoms with Gasteiger partial charge in [0.05, 0.1) is 7.11 Å². The van der Waals surface area contributed by atoms with E-state index in [4.69, 9.17) is 16.3 Å². The van der Waals surface area contributed by atoms with Gasteiger partial charge < -0.3 is 4.74 Å². The van der Waals surface area contributed by atoms with Crippen LogP contribution in [0, 0.1) is 0 Å². The van der Waals surface area contributed by atoms with E-state index in [0.717, 1.165) is 21.3 Å². The van der Waals surface area contributed by atoms with Crippen LogP contribution in [0.15, 0.2) is 58.5 Å². The van der Waals surface area contributed by atoms with Gasteiger partial charge in [0.15, 0.2) is 5.69 Å². The number of aryl methyl sites for hydroxylation is 1. The summed E-state index contributed by atoms with van der Waals surface area (Å²) in [7, 11) is 2.87. The minimum absolute atomic E-state index is 0.155. The molecule has 0 atom stereocenters. The summed E-state index contributed by atoms with van der Waals surface area (Å²) in [4.78, 5) is 13.4. The molecule has 5 nitrogen and oxygen atoms in total. The fourth-order valence-electron chi connectivity index (χ4n) is 2.62. The van der Waals surface area contributed by atoms with E-state index in [9.17, 15) is 18.0 Å². The molecule has 0 saturated heterocycles. The monoisotopic (exact) mass is 441 g/mol. The summed E-state index contributed by atoms with van der Waals surface area (Å²) in [5.41, 5.74) is -1.25. The molecule has 2 aromatic carbocycles. The van der Waals surface area contributed by atoms with E-state index in [0.29, 0.717) is 22.1 Å². The predicted octanol–water partition coefficient (Wildman–Crippen LogP) is 5.55. The van der Waals surface area contributed by atoms with Gasteiger partial charge in [-0.1, -0.05) is 23.4 Å². The highest BCUT2D eigenvalue weighted by molar-refractivity contribution is 7.99. The molecule has 0 N–H and O–H groups in total. The van der Waals surface area contributed by atoms with E-state index in [1.54, 1.807) is 36.4 Å². The average molecular weight is 442 g/mol. The average Bonchev–Trinajstić information content (AvgIpc) is 3.01. The molecule has 0 bridgehead atoms. The van der Waals surface area contributed by atoms with Gasteiger partial charge >= 0.3 is 6.18 Å². The second-order valence-corrected chi connectivity index (χ2v) is 7.35. The first-order chi connectivity index (χ1) is 13.7. The van der Waals surface area contributed by atoms with E-state index in [-0.39, 0.29) is 16.4 Å². The van der Waals surface area contributed by atoms with Crippen LogP contribution in [0.25, 0.3) is 0 Å². The molecule has 0 spiro atoms. The Hall–Kier alpha value is -2.65. The summed E-state index contributed by atoms with van der Waals surface area (Å²) in [5.74, 6) is 0.512. The van der Waals surface area contributed by atoms with E-state index in [1.165, 1.54) is 26.3 Å². The van der Waals surface area contributed by atoms with Crippen LogP contribution in [-0.2, 0) is 18.0 Å². The number of hydrogen-bond acceptors (Lipinski definition) is 4. The van der Waals surface area contributed by atoms with Crippen molar-refractivity contribution in [3.05, 3.63) is 59.2 Å². The number of hydrogen-bond donors (Lipinski definition) is 0. The Bertz CT molecular complexity index is 1010. The van der Waals surface area contributed by atoms with Crippen molar-refractivity contribution in [1.82, 2.24) is 9.78 Å². The van der Waals surface area contributed by atoms with Gasteiger partial charge in [0, 0.05) is 22.7 Å². The zero-order chi connectivity index (χ0) is 21.2. The van der Waals surface area contributed by atoms with Gasteiger partial charge in [-0.25, -0.2) is 0 Å². The van der Waals surface area contributed by atoms with Gasteiger partial charge in [-0.15, -0.1) is 0 Å². The molecule has 0 aliphatic rings. The molecule has 3 aromatic rings. The van der Waals surface area contributed by atoms with Gasteiger partial charge in [0.1, 0.15) is 16.5 Å². The molecule has 29 heavy (non-hydrogen) atoms. The molecular weight excluding hydrogens is 427 g/mol. The number of halogens is 4. The molecule has 0 saturated carbocycles. The van der Waals surface area contributed by atoms with Crippen LogP contribution in [0.2, 0.25) is 5.02 Å². The normalized spacial score (nSPS) is 11.4. The minimum Gasteiger partial charge on any atom is -0.497 e. The highest BCUT2D eigenvalue weighted by atomic mass is 35.5. The molecule has 10 heteroatoms. The fourth-order valence-corrected chi connectivity index (χ4v) is 3.71. The summed E-state index contributed by atoms with van der Waals surface area (Å²) in [6.45, 7) is 0. The summed E-state index contributed by atoms with van der Waals surface area (Å²) < 4.78 is 47.3. The molecule has 1 heterocycles. The van der Waals surface area contributed by atoms with Crippen LogP contribution in [0.4, 0.5) is 24.5 Å². The third kappa shape index (κ3) is 4.51. The summed E-state index contributed by atoms with van der Waals surface area (Å²) >= 11 is 6.93. The molecule has 0 radical (unpaired) electrons. The smallest absolute Gasteiger partial charge is 0.437 e. The zero-order valence-electron chi connectivity index (χ0n) is 15.3. The van der Waals surface area contributed by atoms with Gasteiger partial charge in [-0.2, -0.15) is 18.3 Å².